The largest absolute Gasteiger partial charge is 0.327 e. The third-order valence-electron chi connectivity index (χ3n) is 3.00. The van der Waals surface area contributed by atoms with E-state index in [0.717, 1.165) is 12.2 Å². The van der Waals surface area contributed by atoms with Gasteiger partial charge in [0.15, 0.2) is 0 Å². The highest BCUT2D eigenvalue weighted by Crippen LogP contribution is 2.11. The second-order valence-electron chi connectivity index (χ2n) is 4.72. The molecule has 0 aromatic heterocycles. The van der Waals surface area contributed by atoms with Crippen molar-refractivity contribution >= 4 is 11.8 Å². The molecule has 1 unspecified atom stereocenters. The molecule has 0 rings (SSSR count). The van der Waals surface area contributed by atoms with Gasteiger partial charge in [-0.1, -0.05) is 58.8 Å². The van der Waals surface area contributed by atoms with E-state index in [0.29, 0.717) is 6.04 Å². The second kappa shape index (κ2) is 13.4. The zero-order valence-electron chi connectivity index (χ0n) is 11.3. The van der Waals surface area contributed by atoms with Gasteiger partial charge in [0, 0.05) is 11.8 Å². The minimum atomic E-state index is 0.416. The van der Waals surface area contributed by atoms with Gasteiger partial charge in [-0.3, -0.25) is 0 Å². The van der Waals surface area contributed by atoms with Crippen LogP contribution in [0.15, 0.2) is 0 Å². The molecule has 0 aromatic carbocycles. The van der Waals surface area contributed by atoms with Crippen LogP contribution < -0.4 is 5.73 Å². The lowest BCUT2D eigenvalue weighted by atomic mass is 10.1. The van der Waals surface area contributed by atoms with E-state index < -0.39 is 0 Å². The van der Waals surface area contributed by atoms with Crippen LogP contribution in [0.5, 0.6) is 0 Å². The van der Waals surface area contributed by atoms with Crippen molar-refractivity contribution in [3.8, 4) is 0 Å². The van der Waals surface area contributed by atoms with Crippen molar-refractivity contribution in [2.45, 2.75) is 77.7 Å². The Morgan fingerprint density at radius 2 is 1.44 bits per heavy atom. The summed E-state index contributed by atoms with van der Waals surface area (Å²) in [6.07, 6.45) is 12.5. The molecule has 0 aliphatic carbocycles. The maximum absolute atomic E-state index is 5.86. The molecule has 0 aromatic rings. The van der Waals surface area contributed by atoms with Gasteiger partial charge in [0.2, 0.25) is 0 Å². The second-order valence-corrected chi connectivity index (χ2v) is 5.87. The molecule has 0 amide bonds. The number of thioether (sulfide) groups is 1. The maximum atomic E-state index is 5.86. The van der Waals surface area contributed by atoms with Gasteiger partial charge in [0.1, 0.15) is 0 Å². The molecule has 0 saturated carbocycles. The Balaban J connectivity index is 2.93. The predicted molar refractivity (Wildman–Crippen MR) is 78.2 cm³/mol. The highest BCUT2D eigenvalue weighted by atomic mass is 32.2. The number of nitrogens with two attached hydrogens (primary N) is 1. The van der Waals surface area contributed by atoms with Gasteiger partial charge < -0.3 is 5.73 Å². The summed E-state index contributed by atoms with van der Waals surface area (Å²) in [6.45, 7) is 4.44. The Bertz CT molecular complexity index is 128. The van der Waals surface area contributed by atoms with Crippen molar-refractivity contribution in [1.82, 2.24) is 0 Å². The van der Waals surface area contributed by atoms with Gasteiger partial charge >= 0.3 is 0 Å². The average molecular weight is 245 g/mol. The normalized spacial score (nSPS) is 12.9. The Labute approximate surface area is 107 Å². The molecule has 0 aliphatic rings. The Morgan fingerprint density at radius 1 is 0.875 bits per heavy atom. The minimum absolute atomic E-state index is 0.416. The standard InChI is InChI=1S/C14H31NS/c1-3-5-6-7-8-9-10-11-12-16-13-14(15)4-2/h14H,3-13,15H2,1-2H3. The van der Waals surface area contributed by atoms with Crippen LogP contribution in [0.25, 0.3) is 0 Å². The summed E-state index contributed by atoms with van der Waals surface area (Å²) in [5, 5.41) is 0. The average Bonchev–Trinajstić information content (AvgIpc) is 2.31. The smallest absolute Gasteiger partial charge is 0.0127 e. The van der Waals surface area contributed by atoms with E-state index in [9.17, 15) is 0 Å². The first-order chi connectivity index (χ1) is 7.81. The van der Waals surface area contributed by atoms with Crippen molar-refractivity contribution in [3.05, 3.63) is 0 Å². The van der Waals surface area contributed by atoms with Crippen LogP contribution in [0.2, 0.25) is 0 Å². The number of hydrogen-bond acceptors (Lipinski definition) is 2. The fourth-order valence-electron chi connectivity index (χ4n) is 1.69. The van der Waals surface area contributed by atoms with Crippen LogP contribution >= 0.6 is 11.8 Å². The highest BCUT2D eigenvalue weighted by molar-refractivity contribution is 7.99. The summed E-state index contributed by atoms with van der Waals surface area (Å²) in [4.78, 5) is 0. The lowest BCUT2D eigenvalue weighted by Gasteiger charge is -2.07. The van der Waals surface area contributed by atoms with Gasteiger partial charge in [-0.15, -0.1) is 0 Å². The topological polar surface area (TPSA) is 26.0 Å². The molecule has 16 heavy (non-hydrogen) atoms. The summed E-state index contributed by atoms with van der Waals surface area (Å²) in [7, 11) is 0. The molecule has 0 spiro atoms. The van der Waals surface area contributed by atoms with Gasteiger partial charge in [0.05, 0.1) is 0 Å². The quantitative estimate of drug-likeness (QED) is 0.509. The van der Waals surface area contributed by atoms with E-state index in [1.807, 2.05) is 11.8 Å². The molecule has 0 saturated heterocycles. The summed E-state index contributed by atoms with van der Waals surface area (Å²) in [5.41, 5.74) is 5.86. The third-order valence-corrected chi connectivity index (χ3v) is 4.24. The first-order valence-corrected chi connectivity index (χ1v) is 8.30. The van der Waals surface area contributed by atoms with Gasteiger partial charge in [-0.2, -0.15) is 11.8 Å². The monoisotopic (exact) mass is 245 g/mol. The number of rotatable bonds is 12. The van der Waals surface area contributed by atoms with E-state index in [-0.39, 0.29) is 0 Å². The van der Waals surface area contributed by atoms with E-state index in [1.165, 1.54) is 57.1 Å². The lowest BCUT2D eigenvalue weighted by molar-refractivity contribution is 0.586. The molecule has 2 N–H and O–H groups in total. The first-order valence-electron chi connectivity index (χ1n) is 7.14. The Hall–Kier alpha value is 0.310. The highest BCUT2D eigenvalue weighted by Gasteiger charge is 1.98. The lowest BCUT2D eigenvalue weighted by Crippen LogP contribution is -2.21. The predicted octanol–water partition coefficient (Wildman–Crippen LogP) is 4.60. The number of unbranched alkanes of at least 4 members (excludes halogenated alkanes) is 7. The van der Waals surface area contributed by atoms with Crippen molar-refractivity contribution in [3.63, 3.8) is 0 Å². The molecular weight excluding hydrogens is 214 g/mol. The van der Waals surface area contributed by atoms with E-state index in [2.05, 4.69) is 13.8 Å². The van der Waals surface area contributed by atoms with Crippen LogP contribution in [-0.4, -0.2) is 17.5 Å². The van der Waals surface area contributed by atoms with Gasteiger partial charge in [0.25, 0.3) is 0 Å². The summed E-state index contributed by atoms with van der Waals surface area (Å²) < 4.78 is 0. The number of hydrogen-bond donors (Lipinski definition) is 1. The summed E-state index contributed by atoms with van der Waals surface area (Å²) in [5.74, 6) is 2.45. The molecule has 2 heteroatoms. The molecule has 0 bridgehead atoms. The zero-order chi connectivity index (χ0) is 12.1. The molecule has 0 radical (unpaired) electrons. The zero-order valence-corrected chi connectivity index (χ0v) is 12.2. The SMILES string of the molecule is CCCCCCCCCCSCC(N)CC. The first kappa shape index (κ1) is 16.3. The summed E-state index contributed by atoms with van der Waals surface area (Å²) in [6, 6.07) is 0.416. The Morgan fingerprint density at radius 3 is 2.00 bits per heavy atom. The van der Waals surface area contributed by atoms with E-state index >= 15 is 0 Å². The van der Waals surface area contributed by atoms with Crippen molar-refractivity contribution < 1.29 is 0 Å². The molecular formula is C14H31NS. The maximum Gasteiger partial charge on any atom is 0.0127 e. The van der Waals surface area contributed by atoms with Crippen LogP contribution in [0.1, 0.15) is 71.6 Å². The molecule has 0 aliphatic heterocycles. The van der Waals surface area contributed by atoms with Crippen LogP contribution in [0.4, 0.5) is 0 Å². The van der Waals surface area contributed by atoms with E-state index in [1.54, 1.807) is 0 Å². The van der Waals surface area contributed by atoms with Crippen LogP contribution in [-0.2, 0) is 0 Å². The fraction of sp³-hybridized carbons (Fsp3) is 1.00. The minimum Gasteiger partial charge on any atom is -0.327 e. The van der Waals surface area contributed by atoms with Crippen LogP contribution in [0.3, 0.4) is 0 Å². The summed E-state index contributed by atoms with van der Waals surface area (Å²) >= 11 is 2.03. The van der Waals surface area contributed by atoms with E-state index in [4.69, 9.17) is 5.73 Å². The molecule has 0 heterocycles. The van der Waals surface area contributed by atoms with Gasteiger partial charge in [-0.05, 0) is 18.6 Å². The van der Waals surface area contributed by atoms with Gasteiger partial charge in [-0.25, -0.2) is 0 Å². The Kier molecular flexibility index (Phi) is 13.6. The molecule has 98 valence electrons. The molecule has 1 atom stereocenters. The molecule has 1 nitrogen and oxygen atoms in total. The molecule has 0 fully saturated rings. The van der Waals surface area contributed by atoms with Crippen molar-refractivity contribution in [1.29, 1.82) is 0 Å². The third kappa shape index (κ3) is 12.4. The van der Waals surface area contributed by atoms with Crippen LogP contribution in [0, 0.1) is 0 Å². The fourth-order valence-corrected chi connectivity index (χ4v) is 2.80. The van der Waals surface area contributed by atoms with Crippen molar-refractivity contribution in [2.24, 2.45) is 5.73 Å². The van der Waals surface area contributed by atoms with Crippen molar-refractivity contribution in [2.75, 3.05) is 11.5 Å².